The zero-order chi connectivity index (χ0) is 29.3. The van der Waals surface area contributed by atoms with E-state index in [1.807, 2.05) is 82.3 Å². The molecule has 40 heavy (non-hydrogen) atoms. The van der Waals surface area contributed by atoms with Gasteiger partial charge in [0.15, 0.2) is 0 Å². The highest BCUT2D eigenvalue weighted by Crippen LogP contribution is 2.23. The van der Waals surface area contributed by atoms with Gasteiger partial charge in [-0.05, 0) is 62.6 Å². The molecule has 0 aliphatic rings. The lowest BCUT2D eigenvalue weighted by atomic mass is 10.1. The van der Waals surface area contributed by atoms with Gasteiger partial charge in [0.05, 0.1) is 11.9 Å². The summed E-state index contributed by atoms with van der Waals surface area (Å²) in [5.41, 5.74) is 3.26. The number of rotatable bonds is 13. The molecule has 0 heterocycles. The van der Waals surface area contributed by atoms with Crippen LogP contribution in [0.3, 0.4) is 0 Å². The Bertz CT molecular complexity index is 1360. The highest BCUT2D eigenvalue weighted by Gasteiger charge is 2.32. The quantitative estimate of drug-likeness (QED) is 0.325. The number of aryl methyl sites for hydroxylation is 1. The molecule has 0 bridgehead atoms. The van der Waals surface area contributed by atoms with Gasteiger partial charge in [-0.1, -0.05) is 67.1 Å². The largest absolute Gasteiger partial charge is 0.489 e. The van der Waals surface area contributed by atoms with Crippen LogP contribution < -0.4 is 14.4 Å². The topological polar surface area (TPSA) is 96.0 Å². The van der Waals surface area contributed by atoms with E-state index in [0.717, 1.165) is 27.3 Å². The summed E-state index contributed by atoms with van der Waals surface area (Å²) in [6, 6.07) is 23.1. The lowest BCUT2D eigenvalue weighted by molar-refractivity contribution is -0.140. The number of hydrogen-bond donors (Lipinski definition) is 1. The highest BCUT2D eigenvalue weighted by atomic mass is 32.2. The van der Waals surface area contributed by atoms with Gasteiger partial charge in [0.2, 0.25) is 21.8 Å². The maximum Gasteiger partial charge on any atom is 0.244 e. The first-order chi connectivity index (χ1) is 19.0. The van der Waals surface area contributed by atoms with Gasteiger partial charge in [-0.25, -0.2) is 8.42 Å². The summed E-state index contributed by atoms with van der Waals surface area (Å²) in [6.07, 6.45) is 1.44. The van der Waals surface area contributed by atoms with Crippen molar-refractivity contribution in [1.29, 1.82) is 0 Å². The molecular weight excluding hydrogens is 526 g/mol. The molecule has 3 rings (SSSR count). The van der Waals surface area contributed by atoms with Crippen LogP contribution in [0.15, 0.2) is 78.9 Å². The van der Waals surface area contributed by atoms with Gasteiger partial charge in [0, 0.05) is 12.6 Å². The third-order valence-corrected chi connectivity index (χ3v) is 7.48. The second kappa shape index (κ2) is 14.0. The van der Waals surface area contributed by atoms with E-state index in [4.69, 9.17) is 4.74 Å². The van der Waals surface area contributed by atoms with E-state index in [1.54, 1.807) is 24.3 Å². The van der Waals surface area contributed by atoms with Gasteiger partial charge in [-0.15, -0.1) is 0 Å². The van der Waals surface area contributed by atoms with E-state index in [2.05, 4.69) is 5.32 Å². The van der Waals surface area contributed by atoms with Crippen molar-refractivity contribution in [3.63, 3.8) is 0 Å². The minimum Gasteiger partial charge on any atom is -0.489 e. The minimum absolute atomic E-state index is 0.104. The number of ether oxygens (including phenoxy) is 1. The fourth-order valence-electron chi connectivity index (χ4n) is 4.25. The Labute approximate surface area is 238 Å². The van der Waals surface area contributed by atoms with E-state index in [1.165, 1.54) is 4.90 Å². The van der Waals surface area contributed by atoms with Crippen molar-refractivity contribution in [2.45, 2.75) is 59.4 Å². The van der Waals surface area contributed by atoms with Crippen LogP contribution in [-0.4, -0.2) is 50.0 Å². The van der Waals surface area contributed by atoms with Crippen LogP contribution in [0.2, 0.25) is 0 Å². The fourth-order valence-corrected chi connectivity index (χ4v) is 5.10. The molecule has 0 saturated heterocycles. The minimum atomic E-state index is -3.82. The Balaban J connectivity index is 1.85. The highest BCUT2D eigenvalue weighted by molar-refractivity contribution is 7.92. The van der Waals surface area contributed by atoms with Crippen molar-refractivity contribution in [2.24, 2.45) is 0 Å². The average molecular weight is 566 g/mol. The predicted molar refractivity (Wildman–Crippen MR) is 158 cm³/mol. The lowest BCUT2D eigenvalue weighted by Crippen LogP contribution is -2.53. The normalized spacial score (nSPS) is 12.1. The monoisotopic (exact) mass is 565 g/mol. The van der Waals surface area contributed by atoms with Crippen molar-refractivity contribution in [3.8, 4) is 5.75 Å². The summed E-state index contributed by atoms with van der Waals surface area (Å²) in [4.78, 5) is 28.3. The zero-order valence-corrected chi connectivity index (χ0v) is 24.6. The number of anilines is 1. The van der Waals surface area contributed by atoms with Crippen molar-refractivity contribution in [3.05, 3.63) is 95.6 Å². The molecule has 0 saturated carbocycles. The van der Waals surface area contributed by atoms with Crippen LogP contribution in [0.4, 0.5) is 5.69 Å². The molecule has 1 N–H and O–H groups in total. The van der Waals surface area contributed by atoms with Crippen molar-refractivity contribution in [1.82, 2.24) is 10.2 Å². The van der Waals surface area contributed by atoms with Crippen molar-refractivity contribution in [2.75, 3.05) is 17.1 Å². The van der Waals surface area contributed by atoms with Gasteiger partial charge >= 0.3 is 0 Å². The van der Waals surface area contributed by atoms with E-state index < -0.39 is 28.5 Å². The van der Waals surface area contributed by atoms with Gasteiger partial charge in [-0.2, -0.15) is 0 Å². The summed E-state index contributed by atoms with van der Waals surface area (Å²) in [5, 5.41) is 2.89. The second-order valence-electron chi connectivity index (χ2n) is 10.1. The molecule has 0 fully saturated rings. The summed E-state index contributed by atoms with van der Waals surface area (Å²) >= 11 is 0. The predicted octanol–water partition coefficient (Wildman–Crippen LogP) is 4.67. The number of carbonyl (C=O) groups is 2. The number of sulfonamides is 1. The van der Waals surface area contributed by atoms with Gasteiger partial charge < -0.3 is 15.0 Å². The molecular formula is C31H39N3O5S. The van der Waals surface area contributed by atoms with E-state index in [9.17, 15) is 18.0 Å². The standard InChI is InChI=1S/C31H39N3O5S/c1-6-29(31(36)32-23(2)3)33(20-25-14-12-24(4)13-15-25)30(35)21-34(40(5,37)38)27-16-18-28(19-17-27)39-22-26-10-8-7-9-11-26/h7-19,23,29H,6,20-22H2,1-5H3,(H,32,36). The summed E-state index contributed by atoms with van der Waals surface area (Å²) in [6.45, 7) is 7.62. The molecule has 1 atom stereocenters. The van der Waals surface area contributed by atoms with Gasteiger partial charge in [0.1, 0.15) is 24.9 Å². The van der Waals surface area contributed by atoms with Crippen LogP contribution >= 0.6 is 0 Å². The summed E-state index contributed by atoms with van der Waals surface area (Å²) in [5.74, 6) is -0.172. The second-order valence-corrected chi connectivity index (χ2v) is 12.0. The number of amides is 2. The summed E-state index contributed by atoms with van der Waals surface area (Å²) in [7, 11) is -3.82. The van der Waals surface area contributed by atoms with Crippen molar-refractivity contribution >= 4 is 27.5 Å². The molecule has 0 radical (unpaired) electrons. The Morgan fingerprint density at radius 2 is 1.52 bits per heavy atom. The molecule has 3 aromatic rings. The van der Waals surface area contributed by atoms with Gasteiger partial charge in [0.25, 0.3) is 0 Å². The molecule has 0 aliphatic heterocycles. The average Bonchev–Trinajstić information content (AvgIpc) is 2.91. The number of carbonyl (C=O) groups excluding carboxylic acids is 2. The third kappa shape index (κ3) is 8.84. The molecule has 214 valence electrons. The fraction of sp³-hybridized carbons (Fsp3) is 0.355. The summed E-state index contributed by atoms with van der Waals surface area (Å²) < 4.78 is 32.6. The molecule has 0 aromatic heterocycles. The molecule has 1 unspecified atom stereocenters. The smallest absolute Gasteiger partial charge is 0.244 e. The number of hydrogen-bond acceptors (Lipinski definition) is 5. The zero-order valence-electron chi connectivity index (χ0n) is 23.8. The van der Waals surface area contributed by atoms with Crippen molar-refractivity contribution < 1.29 is 22.7 Å². The number of nitrogens with one attached hydrogen (secondary N) is 1. The first-order valence-electron chi connectivity index (χ1n) is 13.4. The van der Waals surface area contributed by atoms with Crippen LogP contribution in [0.1, 0.15) is 43.9 Å². The molecule has 9 heteroatoms. The van der Waals surface area contributed by atoms with Crippen LogP contribution in [0, 0.1) is 6.92 Å². The van der Waals surface area contributed by atoms with E-state index in [-0.39, 0.29) is 18.5 Å². The maximum atomic E-state index is 13.8. The third-order valence-electron chi connectivity index (χ3n) is 6.34. The molecule has 3 aromatic carbocycles. The van der Waals surface area contributed by atoms with Gasteiger partial charge in [-0.3, -0.25) is 13.9 Å². The SMILES string of the molecule is CCC(C(=O)NC(C)C)N(Cc1ccc(C)cc1)C(=O)CN(c1ccc(OCc2ccccc2)cc1)S(C)(=O)=O. The molecule has 0 aliphatic carbocycles. The lowest BCUT2D eigenvalue weighted by Gasteiger charge is -2.33. The number of benzene rings is 3. The van der Waals surface area contributed by atoms with E-state index >= 15 is 0 Å². The molecule has 2 amide bonds. The van der Waals surface area contributed by atoms with E-state index in [0.29, 0.717) is 24.5 Å². The molecule has 8 nitrogen and oxygen atoms in total. The molecule has 0 spiro atoms. The van der Waals surface area contributed by atoms with Crippen LogP contribution in [-0.2, 0) is 32.8 Å². The Morgan fingerprint density at radius 3 is 2.08 bits per heavy atom. The first-order valence-corrected chi connectivity index (χ1v) is 15.2. The van der Waals surface area contributed by atoms with Crippen LogP contribution in [0.25, 0.3) is 0 Å². The maximum absolute atomic E-state index is 13.8. The Kier molecular flexibility index (Phi) is 10.7. The first kappa shape index (κ1) is 30.7. The Morgan fingerprint density at radius 1 is 0.900 bits per heavy atom. The number of nitrogens with zero attached hydrogens (tertiary/aromatic N) is 2. The van der Waals surface area contributed by atoms with Crippen LogP contribution in [0.5, 0.6) is 5.75 Å². The Hall–Kier alpha value is -3.85.